The summed E-state index contributed by atoms with van der Waals surface area (Å²) in [5.74, 6) is 2.14. The molecule has 0 bridgehead atoms. The van der Waals surface area contributed by atoms with E-state index in [0.29, 0.717) is 23.3 Å². The number of nitrogens with one attached hydrogen (secondary N) is 1. The monoisotopic (exact) mass is 340 g/mol. The second-order valence-electron chi connectivity index (χ2n) is 7.11. The minimum absolute atomic E-state index is 0.113. The number of rotatable bonds is 3. The number of carbonyl (C=O) groups excluding carboxylic acids is 1. The fourth-order valence-corrected chi connectivity index (χ4v) is 3.95. The van der Waals surface area contributed by atoms with E-state index < -0.39 is 0 Å². The predicted octanol–water partition coefficient (Wildman–Crippen LogP) is 0.982. The zero-order valence-corrected chi connectivity index (χ0v) is 14.9. The SMILES string of the molecule is CN(C)c1nc(-c2cccc(C(=O)N3CC[C@H]4CNC[C@H]43)c2)nn1C. The molecule has 1 amide bonds. The average molecular weight is 340 g/mol. The van der Waals surface area contributed by atoms with Gasteiger partial charge in [0.1, 0.15) is 0 Å². The molecule has 2 aliphatic rings. The van der Waals surface area contributed by atoms with Crippen LogP contribution in [0.1, 0.15) is 16.8 Å². The van der Waals surface area contributed by atoms with Gasteiger partial charge in [0.2, 0.25) is 5.95 Å². The van der Waals surface area contributed by atoms with Gasteiger partial charge in [-0.05, 0) is 24.5 Å². The summed E-state index contributed by atoms with van der Waals surface area (Å²) in [6.07, 6.45) is 1.09. The molecule has 2 aliphatic heterocycles. The number of fused-ring (bicyclic) bond motifs is 1. The molecule has 2 aromatic rings. The fourth-order valence-electron chi connectivity index (χ4n) is 3.95. The molecule has 0 aliphatic carbocycles. The molecular formula is C18H24N6O. The summed E-state index contributed by atoms with van der Waals surface area (Å²) in [6.45, 7) is 2.79. The number of aryl methyl sites for hydroxylation is 1. The Balaban J connectivity index is 1.61. The zero-order chi connectivity index (χ0) is 17.6. The number of carbonyl (C=O) groups is 1. The summed E-state index contributed by atoms with van der Waals surface area (Å²) in [7, 11) is 5.75. The highest BCUT2D eigenvalue weighted by Gasteiger charge is 2.40. The first-order valence-electron chi connectivity index (χ1n) is 8.75. The van der Waals surface area contributed by atoms with Crippen LogP contribution in [0.5, 0.6) is 0 Å². The van der Waals surface area contributed by atoms with Crippen LogP contribution in [0.15, 0.2) is 24.3 Å². The molecule has 132 valence electrons. The number of nitrogens with zero attached hydrogens (tertiary/aromatic N) is 5. The van der Waals surface area contributed by atoms with Crippen molar-refractivity contribution < 1.29 is 4.79 Å². The van der Waals surface area contributed by atoms with Crippen molar-refractivity contribution in [3.05, 3.63) is 29.8 Å². The number of anilines is 1. The molecular weight excluding hydrogens is 316 g/mol. The summed E-state index contributed by atoms with van der Waals surface area (Å²) in [5.41, 5.74) is 1.58. The van der Waals surface area contributed by atoms with Crippen LogP contribution in [0.3, 0.4) is 0 Å². The molecule has 7 heteroatoms. The Hall–Kier alpha value is -2.41. The van der Waals surface area contributed by atoms with Crippen LogP contribution in [-0.4, -0.2) is 65.3 Å². The van der Waals surface area contributed by atoms with E-state index in [9.17, 15) is 4.79 Å². The van der Waals surface area contributed by atoms with Gasteiger partial charge in [-0.15, -0.1) is 5.10 Å². The zero-order valence-electron chi connectivity index (χ0n) is 14.9. The number of likely N-dealkylation sites (tertiary alicyclic amines) is 1. The van der Waals surface area contributed by atoms with Crippen LogP contribution in [0.2, 0.25) is 0 Å². The summed E-state index contributed by atoms with van der Waals surface area (Å²) in [4.78, 5) is 21.5. The van der Waals surface area contributed by atoms with E-state index in [-0.39, 0.29) is 5.91 Å². The van der Waals surface area contributed by atoms with E-state index >= 15 is 0 Å². The van der Waals surface area contributed by atoms with Gasteiger partial charge >= 0.3 is 0 Å². The maximum atomic E-state index is 13.0. The molecule has 0 radical (unpaired) electrons. The topological polar surface area (TPSA) is 66.3 Å². The lowest BCUT2D eigenvalue weighted by atomic mass is 10.0. The van der Waals surface area contributed by atoms with Gasteiger partial charge in [-0.1, -0.05) is 12.1 Å². The third kappa shape index (κ3) is 2.78. The van der Waals surface area contributed by atoms with Crippen LogP contribution >= 0.6 is 0 Å². The second kappa shape index (κ2) is 6.15. The van der Waals surface area contributed by atoms with Crippen molar-refractivity contribution in [2.45, 2.75) is 12.5 Å². The van der Waals surface area contributed by atoms with Crippen molar-refractivity contribution in [1.29, 1.82) is 0 Å². The summed E-state index contributed by atoms with van der Waals surface area (Å²) in [6, 6.07) is 8.00. The van der Waals surface area contributed by atoms with Crippen LogP contribution in [-0.2, 0) is 7.05 Å². The lowest BCUT2D eigenvalue weighted by Gasteiger charge is -2.23. The molecule has 1 aromatic carbocycles. The number of hydrogen-bond acceptors (Lipinski definition) is 5. The molecule has 2 atom stereocenters. The molecule has 1 aromatic heterocycles. The quantitative estimate of drug-likeness (QED) is 0.902. The molecule has 2 fully saturated rings. The molecule has 0 saturated carbocycles. The summed E-state index contributed by atoms with van der Waals surface area (Å²) >= 11 is 0. The Bertz CT molecular complexity index is 799. The molecule has 4 rings (SSSR count). The molecule has 0 spiro atoms. The van der Waals surface area contributed by atoms with Crippen LogP contribution in [0, 0.1) is 5.92 Å². The Kier molecular flexibility index (Phi) is 3.95. The van der Waals surface area contributed by atoms with Gasteiger partial charge in [-0.3, -0.25) is 4.79 Å². The van der Waals surface area contributed by atoms with Gasteiger partial charge < -0.3 is 15.1 Å². The van der Waals surface area contributed by atoms with Gasteiger partial charge in [-0.2, -0.15) is 4.98 Å². The number of benzene rings is 1. The molecule has 0 unspecified atom stereocenters. The van der Waals surface area contributed by atoms with Crippen molar-refractivity contribution in [2.24, 2.45) is 13.0 Å². The van der Waals surface area contributed by atoms with E-state index in [4.69, 9.17) is 0 Å². The van der Waals surface area contributed by atoms with Crippen molar-refractivity contribution in [1.82, 2.24) is 25.0 Å². The standard InChI is InChI=1S/C18H24N6O/c1-22(2)18-20-16(21-23(18)3)12-5-4-6-13(9-12)17(25)24-8-7-14-10-19-11-15(14)24/h4-6,9,14-15,19H,7-8,10-11H2,1-3H3/t14-,15+/m0/s1. The Morgan fingerprint density at radius 3 is 2.92 bits per heavy atom. The Morgan fingerprint density at radius 2 is 2.16 bits per heavy atom. The summed E-state index contributed by atoms with van der Waals surface area (Å²) < 4.78 is 1.75. The predicted molar refractivity (Wildman–Crippen MR) is 96.6 cm³/mol. The third-order valence-corrected chi connectivity index (χ3v) is 5.21. The molecule has 25 heavy (non-hydrogen) atoms. The second-order valence-corrected chi connectivity index (χ2v) is 7.11. The first-order chi connectivity index (χ1) is 12.0. The fraction of sp³-hybridized carbons (Fsp3) is 0.500. The number of aromatic nitrogens is 3. The highest BCUT2D eigenvalue weighted by Crippen LogP contribution is 2.29. The van der Waals surface area contributed by atoms with Crippen molar-refractivity contribution in [2.75, 3.05) is 38.6 Å². The van der Waals surface area contributed by atoms with Crippen LogP contribution in [0.4, 0.5) is 5.95 Å². The molecule has 3 heterocycles. The normalized spacial score (nSPS) is 22.3. The largest absolute Gasteiger partial charge is 0.347 e. The third-order valence-electron chi connectivity index (χ3n) is 5.21. The Morgan fingerprint density at radius 1 is 1.32 bits per heavy atom. The molecule has 1 N–H and O–H groups in total. The molecule has 7 nitrogen and oxygen atoms in total. The van der Waals surface area contributed by atoms with E-state index in [1.807, 2.05) is 55.2 Å². The minimum Gasteiger partial charge on any atom is -0.347 e. The van der Waals surface area contributed by atoms with E-state index in [1.165, 1.54) is 0 Å². The van der Waals surface area contributed by atoms with Gasteiger partial charge in [0.05, 0.1) is 0 Å². The van der Waals surface area contributed by atoms with Gasteiger partial charge in [0.15, 0.2) is 5.82 Å². The highest BCUT2D eigenvalue weighted by atomic mass is 16.2. The number of hydrogen-bond donors (Lipinski definition) is 1. The van der Waals surface area contributed by atoms with E-state index in [2.05, 4.69) is 15.4 Å². The van der Waals surface area contributed by atoms with Gasteiger partial charge in [0.25, 0.3) is 5.91 Å². The smallest absolute Gasteiger partial charge is 0.254 e. The van der Waals surface area contributed by atoms with E-state index in [0.717, 1.165) is 37.6 Å². The van der Waals surface area contributed by atoms with E-state index in [1.54, 1.807) is 4.68 Å². The maximum absolute atomic E-state index is 13.0. The van der Waals surface area contributed by atoms with Crippen LogP contribution in [0.25, 0.3) is 11.4 Å². The van der Waals surface area contributed by atoms with Crippen molar-refractivity contribution >= 4 is 11.9 Å². The first kappa shape index (κ1) is 16.1. The number of amides is 1. The van der Waals surface area contributed by atoms with Crippen LogP contribution < -0.4 is 10.2 Å². The van der Waals surface area contributed by atoms with Gasteiger partial charge in [-0.25, -0.2) is 4.68 Å². The van der Waals surface area contributed by atoms with Gasteiger partial charge in [0, 0.05) is 57.9 Å². The minimum atomic E-state index is 0.113. The molecule has 2 saturated heterocycles. The lowest BCUT2D eigenvalue weighted by molar-refractivity contribution is 0.0737. The van der Waals surface area contributed by atoms with Crippen molar-refractivity contribution in [3.8, 4) is 11.4 Å². The summed E-state index contributed by atoms with van der Waals surface area (Å²) in [5, 5.41) is 7.88. The average Bonchev–Trinajstić information content (AvgIpc) is 3.29. The lowest BCUT2D eigenvalue weighted by Crippen LogP contribution is -2.39. The first-order valence-corrected chi connectivity index (χ1v) is 8.75. The maximum Gasteiger partial charge on any atom is 0.254 e. The highest BCUT2D eigenvalue weighted by molar-refractivity contribution is 5.95. The van der Waals surface area contributed by atoms with Crippen molar-refractivity contribution in [3.63, 3.8) is 0 Å². The Labute approximate surface area is 147 Å².